The van der Waals surface area contributed by atoms with E-state index in [0.29, 0.717) is 16.8 Å². The molecule has 0 bridgehead atoms. The summed E-state index contributed by atoms with van der Waals surface area (Å²) in [6.07, 6.45) is 1.15. The van der Waals surface area contributed by atoms with Crippen molar-refractivity contribution >= 4 is 22.2 Å². The Labute approximate surface area is 211 Å². The number of aromatic nitrogens is 2. The molecule has 0 spiro atoms. The number of carbonyl (C=O) groups is 1. The number of hydrogen-bond donors (Lipinski definition) is 2. The van der Waals surface area contributed by atoms with Crippen LogP contribution in [0.4, 0.5) is 4.39 Å². The number of rotatable bonds is 10. The molecule has 9 nitrogen and oxygen atoms in total. The van der Waals surface area contributed by atoms with E-state index in [0.717, 1.165) is 6.26 Å². The Morgan fingerprint density at radius 3 is 2.28 bits per heavy atom. The van der Waals surface area contributed by atoms with Crippen LogP contribution in [0.3, 0.4) is 0 Å². The van der Waals surface area contributed by atoms with Gasteiger partial charge in [-0.2, -0.15) is 18.4 Å². The van der Waals surface area contributed by atoms with E-state index in [1.54, 1.807) is 26.8 Å². The van der Waals surface area contributed by atoms with Crippen molar-refractivity contribution in [1.29, 1.82) is 0 Å². The molecule has 2 aromatic rings. The van der Waals surface area contributed by atoms with Crippen LogP contribution in [0.15, 0.2) is 30.3 Å². The summed E-state index contributed by atoms with van der Waals surface area (Å²) >= 11 is 0. The van der Waals surface area contributed by atoms with E-state index in [2.05, 4.69) is 9.97 Å². The third kappa shape index (κ3) is 9.63. The molecule has 2 atom stereocenters. The van der Waals surface area contributed by atoms with Crippen LogP contribution < -0.4 is 4.18 Å². The lowest BCUT2D eigenvalue weighted by Gasteiger charge is -2.21. The monoisotopic (exact) mass is 524 g/mol. The molecule has 0 aliphatic rings. The largest absolute Gasteiger partial charge is 0.460 e. The zero-order valence-electron chi connectivity index (χ0n) is 21.2. The highest BCUT2D eigenvalue weighted by molar-refractivity contribution is 7.86. The topological polar surface area (TPSA) is 136 Å². The zero-order chi connectivity index (χ0) is 27.3. The molecule has 0 amide bonds. The van der Waals surface area contributed by atoms with Crippen molar-refractivity contribution in [3.05, 3.63) is 47.4 Å². The maximum atomic E-state index is 13.5. The molecule has 0 saturated carbocycles. The first-order valence-corrected chi connectivity index (χ1v) is 13.2. The van der Waals surface area contributed by atoms with Crippen molar-refractivity contribution in [3.8, 4) is 17.3 Å². The maximum Gasteiger partial charge on any atom is 0.333 e. The van der Waals surface area contributed by atoms with Gasteiger partial charge < -0.3 is 19.1 Å². The molecular formula is C25H33FN2O7S. The van der Waals surface area contributed by atoms with Gasteiger partial charge >= 0.3 is 22.1 Å². The molecule has 1 aromatic carbocycles. The SMILES string of the molecule is CC(C)c1nc(OS(C)(=O)=O)nc(-c2ccc(F)cc2)c1/C=C/[C@@H](O)C[C@@H](O)CC(=O)OC(C)(C)C. The van der Waals surface area contributed by atoms with Gasteiger partial charge in [-0.15, -0.1) is 0 Å². The van der Waals surface area contributed by atoms with E-state index in [9.17, 15) is 27.8 Å². The fourth-order valence-electron chi connectivity index (χ4n) is 3.29. The number of aliphatic hydroxyl groups is 2. The van der Waals surface area contributed by atoms with Gasteiger partial charge in [-0.3, -0.25) is 4.79 Å². The molecule has 0 aliphatic carbocycles. The first kappa shape index (κ1) is 29.3. The van der Waals surface area contributed by atoms with Crippen molar-refractivity contribution in [1.82, 2.24) is 9.97 Å². The van der Waals surface area contributed by atoms with Crippen LogP contribution in [0.1, 0.15) is 64.6 Å². The smallest absolute Gasteiger partial charge is 0.333 e. The van der Waals surface area contributed by atoms with Gasteiger partial charge in [-0.05, 0) is 51.0 Å². The highest BCUT2D eigenvalue weighted by Crippen LogP contribution is 2.31. The minimum Gasteiger partial charge on any atom is -0.460 e. The van der Waals surface area contributed by atoms with Crippen molar-refractivity contribution in [2.24, 2.45) is 0 Å². The first-order chi connectivity index (χ1) is 16.5. The number of nitrogens with zero attached hydrogens (tertiary/aromatic N) is 2. The van der Waals surface area contributed by atoms with Gasteiger partial charge in [0.2, 0.25) is 0 Å². The number of carbonyl (C=O) groups excluding carboxylic acids is 1. The van der Waals surface area contributed by atoms with E-state index < -0.39 is 39.7 Å². The van der Waals surface area contributed by atoms with Gasteiger partial charge in [0.1, 0.15) is 11.4 Å². The summed E-state index contributed by atoms with van der Waals surface area (Å²) < 4.78 is 47.0. The van der Waals surface area contributed by atoms with Crippen molar-refractivity contribution in [2.45, 2.75) is 71.2 Å². The standard InChI is InChI=1S/C25H33FN2O7S/c1-15(2)22-20(12-11-18(29)13-19(30)14-21(31)34-25(3,4)5)23(16-7-9-17(26)10-8-16)28-24(27-22)35-36(6,32)33/h7-12,15,18-19,29-30H,13-14H2,1-6H3/b12-11+/t18-,19-/m1/s1. The van der Waals surface area contributed by atoms with E-state index in [-0.39, 0.29) is 30.5 Å². The lowest BCUT2D eigenvalue weighted by molar-refractivity contribution is -0.157. The molecule has 198 valence electrons. The molecule has 11 heteroatoms. The van der Waals surface area contributed by atoms with Gasteiger partial charge in [0, 0.05) is 17.5 Å². The second kappa shape index (κ2) is 11.9. The minimum absolute atomic E-state index is 0.130. The Kier molecular flexibility index (Phi) is 9.70. The van der Waals surface area contributed by atoms with Crippen LogP contribution in [-0.4, -0.2) is 58.6 Å². The number of hydrogen-bond acceptors (Lipinski definition) is 9. The molecule has 0 unspecified atom stereocenters. The number of ether oxygens (including phenoxy) is 1. The Balaban J connectivity index is 2.40. The van der Waals surface area contributed by atoms with Crippen LogP contribution in [0.2, 0.25) is 0 Å². The molecule has 1 aromatic heterocycles. The van der Waals surface area contributed by atoms with E-state index >= 15 is 0 Å². The Morgan fingerprint density at radius 1 is 1.14 bits per heavy atom. The average Bonchev–Trinajstić information content (AvgIpc) is 2.69. The van der Waals surface area contributed by atoms with Gasteiger partial charge in [-0.1, -0.05) is 26.0 Å². The number of aliphatic hydroxyl groups excluding tert-OH is 2. The predicted molar refractivity (Wildman–Crippen MR) is 133 cm³/mol. The van der Waals surface area contributed by atoms with Crippen LogP contribution in [0.5, 0.6) is 6.01 Å². The molecular weight excluding hydrogens is 491 g/mol. The molecule has 1 heterocycles. The Bertz CT molecular complexity index is 1190. The van der Waals surface area contributed by atoms with E-state index in [1.165, 1.54) is 30.3 Å². The summed E-state index contributed by atoms with van der Waals surface area (Å²) in [7, 11) is -3.91. The van der Waals surface area contributed by atoms with Gasteiger partial charge in [0.25, 0.3) is 0 Å². The lowest BCUT2D eigenvalue weighted by Crippen LogP contribution is -2.27. The predicted octanol–water partition coefficient (Wildman–Crippen LogP) is 3.60. The highest BCUT2D eigenvalue weighted by Gasteiger charge is 2.22. The van der Waals surface area contributed by atoms with Gasteiger partial charge in [0.15, 0.2) is 0 Å². The van der Waals surface area contributed by atoms with Gasteiger partial charge in [0.05, 0.1) is 36.3 Å². The van der Waals surface area contributed by atoms with Crippen molar-refractivity contribution in [3.63, 3.8) is 0 Å². The van der Waals surface area contributed by atoms with E-state index in [1.807, 2.05) is 13.8 Å². The molecule has 0 saturated heterocycles. The Hall–Kier alpha value is -2.89. The zero-order valence-corrected chi connectivity index (χ0v) is 22.0. The Morgan fingerprint density at radius 2 is 1.75 bits per heavy atom. The molecule has 0 aliphatic heterocycles. The summed E-state index contributed by atoms with van der Waals surface area (Å²) in [4.78, 5) is 20.4. The number of benzene rings is 1. The lowest BCUT2D eigenvalue weighted by atomic mass is 9.97. The van der Waals surface area contributed by atoms with Crippen LogP contribution in [-0.2, 0) is 19.6 Å². The quantitative estimate of drug-likeness (QED) is 0.353. The fourth-order valence-corrected chi connectivity index (χ4v) is 3.64. The average molecular weight is 525 g/mol. The van der Waals surface area contributed by atoms with Crippen molar-refractivity contribution < 1.29 is 36.7 Å². The normalized spacial score (nSPS) is 14.2. The summed E-state index contributed by atoms with van der Waals surface area (Å²) in [6.45, 7) is 8.81. The number of halogens is 1. The molecule has 0 radical (unpaired) electrons. The number of esters is 1. The third-order valence-electron chi connectivity index (χ3n) is 4.67. The first-order valence-electron chi connectivity index (χ1n) is 11.4. The van der Waals surface area contributed by atoms with Crippen molar-refractivity contribution in [2.75, 3.05) is 6.26 Å². The third-order valence-corrected chi connectivity index (χ3v) is 5.12. The van der Waals surface area contributed by atoms with Crippen LogP contribution in [0.25, 0.3) is 17.3 Å². The second-order valence-corrected chi connectivity index (χ2v) is 11.3. The van der Waals surface area contributed by atoms with Gasteiger partial charge in [-0.25, -0.2) is 4.39 Å². The highest BCUT2D eigenvalue weighted by atomic mass is 32.2. The summed E-state index contributed by atoms with van der Waals surface area (Å²) in [5, 5.41) is 20.7. The van der Waals surface area contributed by atoms with Crippen LogP contribution in [0, 0.1) is 5.82 Å². The molecule has 0 fully saturated rings. The minimum atomic E-state index is -3.91. The fraction of sp³-hybridized carbons (Fsp3) is 0.480. The summed E-state index contributed by atoms with van der Waals surface area (Å²) in [5.74, 6) is -1.25. The molecule has 36 heavy (non-hydrogen) atoms. The maximum absolute atomic E-state index is 13.5. The molecule has 2 rings (SSSR count). The molecule has 2 N–H and O–H groups in total. The van der Waals surface area contributed by atoms with E-state index in [4.69, 9.17) is 8.92 Å². The summed E-state index contributed by atoms with van der Waals surface area (Å²) in [5.41, 5.74) is 0.939. The second-order valence-electron chi connectivity index (χ2n) is 9.71. The van der Waals surface area contributed by atoms with Crippen LogP contribution >= 0.6 is 0 Å². The summed E-state index contributed by atoms with van der Waals surface area (Å²) in [6, 6.07) is 5.04.